The van der Waals surface area contributed by atoms with Crippen molar-refractivity contribution in [2.45, 2.75) is 6.92 Å². The molecule has 0 aliphatic carbocycles. The van der Waals surface area contributed by atoms with E-state index in [1.54, 1.807) is 7.11 Å². The van der Waals surface area contributed by atoms with Crippen LogP contribution in [0.4, 0.5) is 0 Å². The highest BCUT2D eigenvalue weighted by molar-refractivity contribution is 5.98. The van der Waals surface area contributed by atoms with Gasteiger partial charge in [0.25, 0.3) is 0 Å². The van der Waals surface area contributed by atoms with E-state index in [4.69, 9.17) is 4.74 Å². The molecule has 0 atom stereocenters. The van der Waals surface area contributed by atoms with Crippen molar-refractivity contribution >= 4 is 10.8 Å². The minimum Gasteiger partial charge on any atom is -0.496 e. The minimum atomic E-state index is 0.927. The van der Waals surface area contributed by atoms with Gasteiger partial charge < -0.3 is 4.74 Å². The highest BCUT2D eigenvalue weighted by Crippen LogP contribution is 2.37. The molecular weight excluding hydrogens is 232 g/mol. The zero-order valence-corrected chi connectivity index (χ0v) is 11.2. The standard InChI is InChI=1S/C18H16O/c1-13-7-5-12-17(19-2)18(13)16-11-6-9-14-8-3-4-10-15(14)16/h3-12H,1-2H3. The first-order valence-corrected chi connectivity index (χ1v) is 6.43. The maximum absolute atomic E-state index is 5.53. The number of hydrogen-bond donors (Lipinski definition) is 0. The van der Waals surface area contributed by atoms with Crippen molar-refractivity contribution in [3.8, 4) is 16.9 Å². The van der Waals surface area contributed by atoms with Crippen LogP contribution in [0, 0.1) is 6.92 Å². The van der Waals surface area contributed by atoms with Gasteiger partial charge in [0.2, 0.25) is 0 Å². The van der Waals surface area contributed by atoms with Crippen LogP contribution >= 0.6 is 0 Å². The fourth-order valence-corrected chi connectivity index (χ4v) is 2.60. The van der Waals surface area contributed by atoms with Crippen LogP contribution in [0.2, 0.25) is 0 Å². The summed E-state index contributed by atoms with van der Waals surface area (Å²) in [7, 11) is 1.73. The summed E-state index contributed by atoms with van der Waals surface area (Å²) in [4.78, 5) is 0. The Morgan fingerprint density at radius 3 is 2.37 bits per heavy atom. The summed E-state index contributed by atoms with van der Waals surface area (Å²) in [6.07, 6.45) is 0. The molecule has 0 heterocycles. The first-order chi connectivity index (χ1) is 9.31. The maximum Gasteiger partial charge on any atom is 0.126 e. The molecule has 1 nitrogen and oxygen atoms in total. The molecule has 0 spiro atoms. The molecule has 3 aromatic carbocycles. The highest BCUT2D eigenvalue weighted by Gasteiger charge is 2.11. The van der Waals surface area contributed by atoms with E-state index >= 15 is 0 Å². The molecule has 0 aliphatic heterocycles. The molecule has 0 N–H and O–H groups in total. The van der Waals surface area contributed by atoms with Crippen LogP contribution in [0.15, 0.2) is 60.7 Å². The van der Waals surface area contributed by atoms with Gasteiger partial charge in [0.1, 0.15) is 5.75 Å². The van der Waals surface area contributed by atoms with E-state index in [0.29, 0.717) is 0 Å². The molecule has 0 saturated carbocycles. The van der Waals surface area contributed by atoms with E-state index in [0.717, 1.165) is 5.75 Å². The van der Waals surface area contributed by atoms with Crippen LogP contribution < -0.4 is 4.74 Å². The topological polar surface area (TPSA) is 9.23 Å². The fraction of sp³-hybridized carbons (Fsp3) is 0.111. The Hall–Kier alpha value is -2.28. The second-order valence-corrected chi connectivity index (χ2v) is 4.68. The zero-order chi connectivity index (χ0) is 13.2. The van der Waals surface area contributed by atoms with E-state index in [2.05, 4.69) is 55.5 Å². The van der Waals surface area contributed by atoms with E-state index in [1.165, 1.54) is 27.5 Å². The lowest BCUT2D eigenvalue weighted by Gasteiger charge is -2.14. The monoisotopic (exact) mass is 248 g/mol. The lowest BCUT2D eigenvalue weighted by atomic mass is 9.94. The quantitative estimate of drug-likeness (QED) is 0.631. The van der Waals surface area contributed by atoms with Crippen LogP contribution in [-0.2, 0) is 0 Å². The third-order valence-corrected chi connectivity index (χ3v) is 3.51. The minimum absolute atomic E-state index is 0.927. The van der Waals surface area contributed by atoms with Gasteiger partial charge in [-0.15, -0.1) is 0 Å². The fourth-order valence-electron chi connectivity index (χ4n) is 2.60. The Balaban J connectivity index is 2.37. The first kappa shape index (κ1) is 11.8. The summed E-state index contributed by atoms with van der Waals surface area (Å²) >= 11 is 0. The van der Waals surface area contributed by atoms with Crippen molar-refractivity contribution in [2.75, 3.05) is 7.11 Å². The average Bonchev–Trinajstić information content (AvgIpc) is 2.46. The number of rotatable bonds is 2. The van der Waals surface area contributed by atoms with Crippen molar-refractivity contribution in [1.82, 2.24) is 0 Å². The number of fused-ring (bicyclic) bond motifs is 1. The number of ether oxygens (including phenoxy) is 1. The smallest absolute Gasteiger partial charge is 0.126 e. The molecule has 19 heavy (non-hydrogen) atoms. The largest absolute Gasteiger partial charge is 0.496 e. The second-order valence-electron chi connectivity index (χ2n) is 4.68. The van der Waals surface area contributed by atoms with Gasteiger partial charge in [0.15, 0.2) is 0 Å². The van der Waals surface area contributed by atoms with E-state index in [1.807, 2.05) is 12.1 Å². The summed E-state index contributed by atoms with van der Waals surface area (Å²) in [5, 5.41) is 2.52. The summed E-state index contributed by atoms with van der Waals surface area (Å²) < 4.78 is 5.53. The van der Waals surface area contributed by atoms with Gasteiger partial charge in [0, 0.05) is 5.56 Å². The molecule has 0 unspecified atom stereocenters. The normalized spacial score (nSPS) is 10.6. The van der Waals surface area contributed by atoms with Gasteiger partial charge in [-0.1, -0.05) is 54.6 Å². The van der Waals surface area contributed by atoms with Crippen LogP contribution in [0.5, 0.6) is 5.75 Å². The predicted molar refractivity (Wildman–Crippen MR) is 80.7 cm³/mol. The number of hydrogen-bond acceptors (Lipinski definition) is 1. The SMILES string of the molecule is COc1cccc(C)c1-c1cccc2ccccc12. The molecule has 0 aromatic heterocycles. The van der Waals surface area contributed by atoms with Gasteiger partial charge in [0.05, 0.1) is 7.11 Å². The molecule has 0 aliphatic rings. The van der Waals surface area contributed by atoms with Crippen LogP contribution in [0.25, 0.3) is 21.9 Å². The van der Waals surface area contributed by atoms with Gasteiger partial charge in [-0.05, 0) is 34.9 Å². The summed E-state index contributed by atoms with van der Waals surface area (Å²) in [6, 6.07) is 21.0. The molecule has 1 heteroatoms. The van der Waals surface area contributed by atoms with Gasteiger partial charge in [-0.2, -0.15) is 0 Å². The highest BCUT2D eigenvalue weighted by atomic mass is 16.5. The second kappa shape index (κ2) is 4.77. The molecule has 0 fully saturated rings. The third-order valence-electron chi connectivity index (χ3n) is 3.51. The Morgan fingerprint density at radius 2 is 1.53 bits per heavy atom. The summed E-state index contributed by atoms with van der Waals surface area (Å²) in [6.45, 7) is 2.12. The Bertz CT molecular complexity index is 723. The third kappa shape index (κ3) is 1.97. The van der Waals surface area contributed by atoms with Crippen molar-refractivity contribution in [3.05, 3.63) is 66.2 Å². The number of methoxy groups -OCH3 is 1. The van der Waals surface area contributed by atoms with Crippen LogP contribution in [0.3, 0.4) is 0 Å². The molecule has 94 valence electrons. The number of aryl methyl sites for hydroxylation is 1. The molecule has 0 saturated heterocycles. The lowest BCUT2D eigenvalue weighted by Crippen LogP contribution is -1.91. The molecular formula is C18H16O. The van der Waals surface area contributed by atoms with E-state index < -0.39 is 0 Å². The predicted octanol–water partition coefficient (Wildman–Crippen LogP) is 4.82. The molecule has 3 rings (SSSR count). The molecule has 0 radical (unpaired) electrons. The number of benzene rings is 3. The van der Waals surface area contributed by atoms with Gasteiger partial charge in [-0.25, -0.2) is 0 Å². The van der Waals surface area contributed by atoms with Crippen LogP contribution in [0.1, 0.15) is 5.56 Å². The van der Waals surface area contributed by atoms with Crippen molar-refractivity contribution in [1.29, 1.82) is 0 Å². The zero-order valence-electron chi connectivity index (χ0n) is 11.2. The van der Waals surface area contributed by atoms with Crippen molar-refractivity contribution in [2.24, 2.45) is 0 Å². The maximum atomic E-state index is 5.53. The average molecular weight is 248 g/mol. The Morgan fingerprint density at radius 1 is 0.789 bits per heavy atom. The first-order valence-electron chi connectivity index (χ1n) is 6.43. The van der Waals surface area contributed by atoms with Gasteiger partial charge in [-0.3, -0.25) is 0 Å². The molecule has 3 aromatic rings. The summed E-state index contributed by atoms with van der Waals surface area (Å²) in [5.41, 5.74) is 3.64. The van der Waals surface area contributed by atoms with Gasteiger partial charge >= 0.3 is 0 Å². The van der Waals surface area contributed by atoms with Crippen LogP contribution in [-0.4, -0.2) is 7.11 Å². The lowest BCUT2D eigenvalue weighted by molar-refractivity contribution is 0.416. The Kier molecular flexibility index (Phi) is 2.96. The van der Waals surface area contributed by atoms with E-state index in [9.17, 15) is 0 Å². The Labute approximate surface area is 113 Å². The summed E-state index contributed by atoms with van der Waals surface area (Å²) in [5.74, 6) is 0.927. The molecule has 0 amide bonds. The van der Waals surface area contributed by atoms with E-state index in [-0.39, 0.29) is 0 Å². The molecule has 0 bridgehead atoms. The van der Waals surface area contributed by atoms with Crippen molar-refractivity contribution < 1.29 is 4.74 Å². The van der Waals surface area contributed by atoms with Crippen molar-refractivity contribution in [3.63, 3.8) is 0 Å².